The summed E-state index contributed by atoms with van der Waals surface area (Å²) in [5.74, 6) is 0.718. The summed E-state index contributed by atoms with van der Waals surface area (Å²) in [5.41, 5.74) is 0.859. The lowest BCUT2D eigenvalue weighted by Crippen LogP contribution is -2.37. The average molecular weight is 205 g/mol. The van der Waals surface area contributed by atoms with Gasteiger partial charge in [-0.05, 0) is 24.2 Å². The Kier molecular flexibility index (Phi) is 1.77. The van der Waals surface area contributed by atoms with Gasteiger partial charge in [-0.1, -0.05) is 31.8 Å². The van der Waals surface area contributed by atoms with Gasteiger partial charge in [0, 0.05) is 5.39 Å². The predicted octanol–water partition coefficient (Wildman–Crippen LogP) is 3.29. The average Bonchev–Trinajstić information content (AvgIpc) is 2.41. The van der Waals surface area contributed by atoms with E-state index < -0.39 is 8.07 Å². The quantitative estimate of drug-likeness (QED) is 0.651. The Bertz CT molecular complexity index is 508. The summed E-state index contributed by atoms with van der Waals surface area (Å²) in [4.78, 5) is 0. The van der Waals surface area contributed by atoms with Gasteiger partial charge in [-0.25, -0.2) is 0 Å². The van der Waals surface area contributed by atoms with Crippen LogP contribution >= 0.6 is 0 Å². The van der Waals surface area contributed by atoms with E-state index in [0.717, 1.165) is 16.7 Å². The number of hydrogen-bond donors (Lipinski definition) is 0. The first-order valence-electron chi connectivity index (χ1n) is 5.40. The third-order valence-electron chi connectivity index (χ3n) is 2.40. The number of hydrogen-bond acceptors (Lipinski definition) is 1. The van der Waals surface area contributed by atoms with E-state index in [0.29, 0.717) is 6.04 Å². The zero-order valence-electron chi connectivity index (χ0n) is 10.1. The van der Waals surface area contributed by atoms with E-state index in [1.807, 2.05) is 19.1 Å². The van der Waals surface area contributed by atoms with Crippen molar-refractivity contribution in [3.8, 4) is 0 Å². The molecular weight excluding hydrogens is 188 g/mol. The minimum absolute atomic E-state index is 0.558. The van der Waals surface area contributed by atoms with Gasteiger partial charge in [0.1, 0.15) is 11.3 Å². The molecule has 1 aromatic heterocycles. The molecule has 1 nitrogen and oxygen atoms in total. The third kappa shape index (κ3) is 1.50. The van der Waals surface area contributed by atoms with Gasteiger partial charge in [-0.2, -0.15) is 0 Å². The molecule has 0 fully saturated rings. The predicted molar refractivity (Wildman–Crippen MR) is 63.9 cm³/mol. The molecule has 74 valence electrons. The van der Waals surface area contributed by atoms with E-state index in [2.05, 4.69) is 25.7 Å². The SMILES string of the molecule is [2H]c1c(C)oc2cccc([Si](C)(C)C)c12. The Morgan fingerprint density at radius 2 is 2.00 bits per heavy atom. The van der Waals surface area contributed by atoms with Crippen LogP contribution in [0.3, 0.4) is 0 Å². The second-order valence-electron chi connectivity index (χ2n) is 4.71. The van der Waals surface area contributed by atoms with E-state index >= 15 is 0 Å². The minimum Gasteiger partial charge on any atom is -0.461 e. The monoisotopic (exact) mass is 205 g/mol. The molecule has 0 aliphatic rings. The molecule has 0 saturated heterocycles. The molecule has 0 aliphatic carbocycles. The van der Waals surface area contributed by atoms with E-state index in [1.165, 1.54) is 5.19 Å². The van der Waals surface area contributed by atoms with Crippen molar-refractivity contribution in [2.24, 2.45) is 0 Å². The van der Waals surface area contributed by atoms with Crippen LogP contribution in [-0.4, -0.2) is 8.07 Å². The second kappa shape index (κ2) is 2.99. The lowest BCUT2D eigenvalue weighted by molar-refractivity contribution is 0.578. The van der Waals surface area contributed by atoms with Gasteiger partial charge in [0.25, 0.3) is 0 Å². The van der Waals surface area contributed by atoms with Crippen LogP contribution in [0.4, 0.5) is 0 Å². The summed E-state index contributed by atoms with van der Waals surface area (Å²) in [7, 11) is -1.40. The molecule has 0 spiro atoms. The lowest BCUT2D eigenvalue weighted by Gasteiger charge is -2.16. The molecule has 2 rings (SSSR count). The first-order chi connectivity index (χ1) is 6.91. The van der Waals surface area contributed by atoms with Crippen LogP contribution in [0.5, 0.6) is 0 Å². The Hall–Kier alpha value is -1.02. The molecule has 0 saturated carbocycles. The molecule has 0 aliphatic heterocycles. The van der Waals surface area contributed by atoms with E-state index in [1.54, 1.807) is 0 Å². The summed E-state index contributed by atoms with van der Waals surface area (Å²) in [5, 5.41) is 2.34. The van der Waals surface area contributed by atoms with Crippen molar-refractivity contribution in [2.75, 3.05) is 0 Å². The first-order valence-corrected chi connectivity index (χ1v) is 8.40. The molecular formula is C12H16OSi. The zero-order valence-corrected chi connectivity index (χ0v) is 10.1. The summed E-state index contributed by atoms with van der Waals surface area (Å²) in [6, 6.07) is 6.67. The molecule has 2 aromatic rings. The fourth-order valence-electron chi connectivity index (χ4n) is 1.74. The highest BCUT2D eigenvalue weighted by atomic mass is 28.3. The van der Waals surface area contributed by atoms with E-state index in [9.17, 15) is 0 Å². The minimum atomic E-state index is -1.40. The van der Waals surface area contributed by atoms with Crippen molar-refractivity contribution >= 4 is 24.2 Å². The molecule has 0 amide bonds. The fourth-order valence-corrected chi connectivity index (χ4v) is 3.27. The first kappa shape index (κ1) is 8.30. The topological polar surface area (TPSA) is 13.1 Å². The smallest absolute Gasteiger partial charge is 0.134 e. The van der Waals surface area contributed by atoms with E-state index in [4.69, 9.17) is 5.79 Å². The van der Waals surface area contributed by atoms with Crippen molar-refractivity contribution in [3.05, 3.63) is 30.0 Å². The van der Waals surface area contributed by atoms with Gasteiger partial charge in [-0.3, -0.25) is 0 Å². The normalized spacial score (nSPS) is 13.3. The summed E-state index contributed by atoms with van der Waals surface area (Å²) >= 11 is 0. The number of aryl methyl sites for hydroxylation is 1. The van der Waals surface area contributed by atoms with Gasteiger partial charge in [0.15, 0.2) is 0 Å². The Labute approximate surface area is 87.2 Å². The van der Waals surface area contributed by atoms with Gasteiger partial charge in [-0.15, -0.1) is 0 Å². The maximum Gasteiger partial charge on any atom is 0.134 e. The number of rotatable bonds is 1. The van der Waals surface area contributed by atoms with Crippen molar-refractivity contribution in [2.45, 2.75) is 26.6 Å². The molecule has 1 heterocycles. The van der Waals surface area contributed by atoms with Crippen LogP contribution in [0.1, 0.15) is 7.13 Å². The highest BCUT2D eigenvalue weighted by Crippen LogP contribution is 2.19. The number of furan rings is 1. The molecule has 0 radical (unpaired) electrons. The highest BCUT2D eigenvalue weighted by molar-refractivity contribution is 6.90. The Morgan fingerprint density at radius 1 is 1.29 bits per heavy atom. The highest BCUT2D eigenvalue weighted by Gasteiger charge is 2.19. The largest absolute Gasteiger partial charge is 0.461 e. The summed E-state index contributed by atoms with van der Waals surface area (Å²) in [6.07, 6.45) is 0. The maximum atomic E-state index is 8.02. The summed E-state index contributed by atoms with van der Waals surface area (Å²) < 4.78 is 13.6. The molecule has 0 unspecified atom stereocenters. The molecule has 0 atom stereocenters. The van der Waals surface area contributed by atoms with Crippen LogP contribution < -0.4 is 5.19 Å². The number of fused-ring (bicyclic) bond motifs is 1. The van der Waals surface area contributed by atoms with E-state index in [-0.39, 0.29) is 0 Å². The molecule has 1 aromatic carbocycles. The third-order valence-corrected chi connectivity index (χ3v) is 4.43. The van der Waals surface area contributed by atoms with Crippen LogP contribution in [0, 0.1) is 6.92 Å². The van der Waals surface area contributed by atoms with Crippen LogP contribution in [0.2, 0.25) is 19.6 Å². The van der Waals surface area contributed by atoms with Gasteiger partial charge >= 0.3 is 0 Å². The molecule has 14 heavy (non-hydrogen) atoms. The standard InChI is InChI=1S/C12H16OSi/c1-9-8-10-11(13-9)6-5-7-12(10)14(2,3)4/h5-8H,1-4H3/i8D. The Balaban J connectivity index is 2.86. The summed E-state index contributed by atoms with van der Waals surface area (Å²) in [6.45, 7) is 8.74. The van der Waals surface area contributed by atoms with Crippen LogP contribution in [0.15, 0.2) is 28.7 Å². The van der Waals surface area contributed by atoms with Crippen LogP contribution in [0.25, 0.3) is 11.0 Å². The zero-order chi connectivity index (χ0) is 11.2. The fraction of sp³-hybridized carbons (Fsp3) is 0.333. The van der Waals surface area contributed by atoms with Crippen molar-refractivity contribution in [3.63, 3.8) is 0 Å². The van der Waals surface area contributed by atoms with Crippen LogP contribution in [-0.2, 0) is 0 Å². The molecule has 2 heteroatoms. The molecule has 0 N–H and O–H groups in total. The Morgan fingerprint density at radius 3 is 2.64 bits per heavy atom. The molecule has 0 bridgehead atoms. The number of benzene rings is 1. The lowest BCUT2D eigenvalue weighted by atomic mass is 10.2. The van der Waals surface area contributed by atoms with Gasteiger partial charge in [0.05, 0.1) is 9.44 Å². The van der Waals surface area contributed by atoms with Crippen molar-refractivity contribution in [1.82, 2.24) is 0 Å². The maximum absolute atomic E-state index is 8.02. The second-order valence-corrected chi connectivity index (χ2v) is 9.75. The van der Waals surface area contributed by atoms with Gasteiger partial charge in [0.2, 0.25) is 0 Å². The van der Waals surface area contributed by atoms with Crippen molar-refractivity contribution in [1.29, 1.82) is 0 Å². The van der Waals surface area contributed by atoms with Gasteiger partial charge < -0.3 is 4.42 Å². The van der Waals surface area contributed by atoms with Crippen molar-refractivity contribution < 1.29 is 5.79 Å².